The molecule has 0 saturated heterocycles. The van der Waals surface area contributed by atoms with Crippen LogP contribution in [-0.4, -0.2) is 21.7 Å². The number of benzene rings is 1. The van der Waals surface area contributed by atoms with Gasteiger partial charge in [-0.25, -0.2) is 0 Å². The van der Waals surface area contributed by atoms with Crippen LogP contribution < -0.4 is 10.6 Å². The lowest BCUT2D eigenvalue weighted by atomic mass is 10.2. The zero-order valence-corrected chi connectivity index (χ0v) is 11.6. The summed E-state index contributed by atoms with van der Waals surface area (Å²) >= 11 is 5.92. The SMILES string of the molecule is CC(C)CNc1cnnc(Nc2cccc(Cl)c2)n1. The van der Waals surface area contributed by atoms with Crippen molar-refractivity contribution in [3.8, 4) is 0 Å². The van der Waals surface area contributed by atoms with E-state index in [-0.39, 0.29) is 0 Å². The van der Waals surface area contributed by atoms with Crippen molar-refractivity contribution in [2.24, 2.45) is 5.92 Å². The van der Waals surface area contributed by atoms with Crippen LogP contribution in [0.4, 0.5) is 17.5 Å². The van der Waals surface area contributed by atoms with Crippen molar-refractivity contribution < 1.29 is 0 Å². The first-order chi connectivity index (χ1) is 9.13. The molecule has 2 N–H and O–H groups in total. The molecular weight excluding hydrogens is 262 g/mol. The van der Waals surface area contributed by atoms with Gasteiger partial charge in [-0.2, -0.15) is 10.1 Å². The molecule has 0 radical (unpaired) electrons. The summed E-state index contributed by atoms with van der Waals surface area (Å²) in [5.74, 6) is 1.68. The Labute approximate surface area is 117 Å². The normalized spacial score (nSPS) is 10.5. The number of hydrogen-bond acceptors (Lipinski definition) is 5. The van der Waals surface area contributed by atoms with Gasteiger partial charge < -0.3 is 10.6 Å². The average Bonchev–Trinajstić information content (AvgIpc) is 2.37. The highest BCUT2D eigenvalue weighted by atomic mass is 35.5. The molecule has 0 aliphatic heterocycles. The minimum atomic E-state index is 0.441. The zero-order valence-electron chi connectivity index (χ0n) is 10.9. The number of aromatic nitrogens is 3. The number of nitrogens with zero attached hydrogens (tertiary/aromatic N) is 3. The Morgan fingerprint density at radius 3 is 2.89 bits per heavy atom. The molecule has 2 rings (SSSR count). The maximum Gasteiger partial charge on any atom is 0.249 e. The molecule has 0 fully saturated rings. The number of rotatable bonds is 5. The van der Waals surface area contributed by atoms with Gasteiger partial charge >= 0.3 is 0 Å². The molecule has 0 bridgehead atoms. The summed E-state index contributed by atoms with van der Waals surface area (Å²) in [5.41, 5.74) is 0.829. The van der Waals surface area contributed by atoms with E-state index < -0.39 is 0 Å². The zero-order chi connectivity index (χ0) is 13.7. The molecule has 0 saturated carbocycles. The summed E-state index contributed by atoms with van der Waals surface area (Å²) in [6.45, 7) is 5.11. The molecule has 6 heteroatoms. The van der Waals surface area contributed by atoms with Gasteiger partial charge in [-0.15, -0.1) is 5.10 Å². The van der Waals surface area contributed by atoms with Gasteiger partial charge in [0.2, 0.25) is 5.95 Å². The van der Waals surface area contributed by atoms with Crippen LogP contribution in [-0.2, 0) is 0 Å². The Morgan fingerprint density at radius 1 is 1.32 bits per heavy atom. The van der Waals surface area contributed by atoms with Gasteiger partial charge in [-0.05, 0) is 24.1 Å². The quantitative estimate of drug-likeness (QED) is 0.878. The van der Waals surface area contributed by atoms with Crippen LogP contribution in [0, 0.1) is 5.92 Å². The molecule has 100 valence electrons. The third-order valence-electron chi connectivity index (χ3n) is 2.33. The maximum absolute atomic E-state index is 5.92. The average molecular weight is 278 g/mol. The summed E-state index contributed by atoms with van der Waals surface area (Å²) in [6, 6.07) is 7.37. The van der Waals surface area contributed by atoms with Gasteiger partial charge in [0.25, 0.3) is 0 Å². The molecule has 1 aromatic carbocycles. The number of anilines is 3. The number of nitrogens with one attached hydrogen (secondary N) is 2. The third-order valence-corrected chi connectivity index (χ3v) is 2.57. The van der Waals surface area contributed by atoms with E-state index in [0.29, 0.717) is 22.7 Å². The fourth-order valence-corrected chi connectivity index (χ4v) is 1.64. The predicted octanol–water partition coefficient (Wildman–Crippen LogP) is 3.34. The van der Waals surface area contributed by atoms with Crippen molar-refractivity contribution in [3.63, 3.8) is 0 Å². The minimum Gasteiger partial charge on any atom is -0.368 e. The molecule has 1 aromatic heterocycles. The Morgan fingerprint density at radius 2 is 2.16 bits per heavy atom. The monoisotopic (exact) mass is 277 g/mol. The molecule has 0 unspecified atom stereocenters. The molecule has 0 aliphatic carbocycles. The molecule has 19 heavy (non-hydrogen) atoms. The molecule has 0 atom stereocenters. The van der Waals surface area contributed by atoms with E-state index in [9.17, 15) is 0 Å². The van der Waals surface area contributed by atoms with Crippen LogP contribution in [0.3, 0.4) is 0 Å². The first kappa shape index (κ1) is 13.5. The summed E-state index contributed by atoms with van der Waals surface area (Å²) in [5, 5.41) is 14.8. The van der Waals surface area contributed by atoms with Crippen LogP contribution >= 0.6 is 11.6 Å². The maximum atomic E-state index is 5.92. The second-order valence-corrected chi connectivity index (χ2v) is 5.01. The fraction of sp³-hybridized carbons (Fsp3) is 0.308. The Kier molecular flexibility index (Phi) is 4.52. The van der Waals surface area contributed by atoms with Gasteiger partial charge in [-0.3, -0.25) is 0 Å². The van der Waals surface area contributed by atoms with Crippen molar-refractivity contribution in [2.75, 3.05) is 17.2 Å². The van der Waals surface area contributed by atoms with Crippen molar-refractivity contribution in [2.45, 2.75) is 13.8 Å². The molecule has 2 aromatic rings. The Bertz CT molecular complexity index is 544. The molecule has 0 amide bonds. The standard InChI is InChI=1S/C13H16ClN5/c1-9(2)7-15-12-8-16-19-13(18-12)17-11-5-3-4-10(14)6-11/h3-6,8-9H,7H2,1-2H3,(H2,15,17,18,19). The van der Waals surface area contributed by atoms with Gasteiger partial charge in [0, 0.05) is 17.3 Å². The van der Waals surface area contributed by atoms with E-state index in [1.54, 1.807) is 12.3 Å². The van der Waals surface area contributed by atoms with Crippen molar-refractivity contribution >= 4 is 29.1 Å². The number of hydrogen-bond donors (Lipinski definition) is 2. The van der Waals surface area contributed by atoms with Gasteiger partial charge in [0.15, 0.2) is 5.82 Å². The first-order valence-corrected chi connectivity index (χ1v) is 6.47. The topological polar surface area (TPSA) is 62.7 Å². The van der Waals surface area contributed by atoms with Crippen molar-refractivity contribution in [3.05, 3.63) is 35.5 Å². The van der Waals surface area contributed by atoms with Gasteiger partial charge in [0.1, 0.15) is 0 Å². The van der Waals surface area contributed by atoms with E-state index in [2.05, 4.69) is 39.7 Å². The Balaban J connectivity index is 2.06. The van der Waals surface area contributed by atoms with Crippen LogP contribution in [0.5, 0.6) is 0 Å². The summed E-state index contributed by atoms with van der Waals surface area (Å²) in [7, 11) is 0. The van der Waals surface area contributed by atoms with E-state index in [1.807, 2.05) is 18.2 Å². The van der Waals surface area contributed by atoms with Crippen molar-refractivity contribution in [1.29, 1.82) is 0 Å². The largest absolute Gasteiger partial charge is 0.368 e. The molecule has 0 spiro atoms. The molecular formula is C13H16ClN5. The molecule has 0 aliphatic rings. The minimum absolute atomic E-state index is 0.441. The lowest BCUT2D eigenvalue weighted by Crippen LogP contribution is -2.10. The van der Waals surface area contributed by atoms with Crippen LogP contribution in [0.15, 0.2) is 30.5 Å². The van der Waals surface area contributed by atoms with Crippen molar-refractivity contribution in [1.82, 2.24) is 15.2 Å². The highest BCUT2D eigenvalue weighted by Gasteiger charge is 2.02. The second-order valence-electron chi connectivity index (χ2n) is 4.58. The second kappa shape index (κ2) is 6.33. The third kappa shape index (κ3) is 4.37. The lowest BCUT2D eigenvalue weighted by molar-refractivity contribution is 0.686. The van der Waals surface area contributed by atoms with E-state index >= 15 is 0 Å². The predicted molar refractivity (Wildman–Crippen MR) is 77.9 cm³/mol. The van der Waals surface area contributed by atoms with E-state index in [4.69, 9.17) is 11.6 Å². The van der Waals surface area contributed by atoms with Gasteiger partial charge in [0.05, 0.1) is 6.20 Å². The number of halogens is 1. The van der Waals surface area contributed by atoms with E-state index in [1.165, 1.54) is 0 Å². The first-order valence-electron chi connectivity index (χ1n) is 6.09. The van der Waals surface area contributed by atoms with Gasteiger partial charge in [-0.1, -0.05) is 31.5 Å². The summed E-state index contributed by atoms with van der Waals surface area (Å²) < 4.78 is 0. The van der Waals surface area contributed by atoms with Crippen LogP contribution in [0.1, 0.15) is 13.8 Å². The van der Waals surface area contributed by atoms with Crippen LogP contribution in [0.25, 0.3) is 0 Å². The summed E-state index contributed by atoms with van der Waals surface area (Å²) in [4.78, 5) is 4.33. The Hall–Kier alpha value is -1.88. The van der Waals surface area contributed by atoms with Crippen LogP contribution in [0.2, 0.25) is 5.02 Å². The summed E-state index contributed by atoms with van der Waals surface area (Å²) in [6.07, 6.45) is 1.60. The highest BCUT2D eigenvalue weighted by Crippen LogP contribution is 2.18. The fourth-order valence-electron chi connectivity index (χ4n) is 1.45. The lowest BCUT2D eigenvalue weighted by Gasteiger charge is -2.09. The highest BCUT2D eigenvalue weighted by molar-refractivity contribution is 6.30. The smallest absolute Gasteiger partial charge is 0.249 e. The molecule has 5 nitrogen and oxygen atoms in total. The van der Waals surface area contributed by atoms with E-state index in [0.717, 1.165) is 12.2 Å². The molecule has 1 heterocycles.